The number of hydrogen-bond donors (Lipinski definition) is 0. The van der Waals surface area contributed by atoms with E-state index >= 15 is 0 Å². The van der Waals surface area contributed by atoms with Gasteiger partial charge in [-0.05, 0) is 0 Å². The summed E-state index contributed by atoms with van der Waals surface area (Å²) in [5.74, 6) is 0.569. The van der Waals surface area contributed by atoms with Crippen LogP contribution >= 0.6 is 10.7 Å². The molecule has 0 saturated heterocycles. The van der Waals surface area contributed by atoms with Crippen LogP contribution in [-0.4, -0.2) is 18.0 Å². The molecule has 0 aliphatic rings. The third-order valence-electron chi connectivity index (χ3n) is 2.23. The Labute approximate surface area is 97.9 Å². The molecule has 4 nitrogen and oxygen atoms in total. The van der Waals surface area contributed by atoms with Crippen molar-refractivity contribution in [3.8, 4) is 11.4 Å². The number of rotatable bonds is 2. The van der Waals surface area contributed by atoms with Gasteiger partial charge in [-0.25, -0.2) is 13.4 Å². The van der Waals surface area contributed by atoms with Crippen LogP contribution in [0.5, 0.6) is 0 Å². The molecule has 1 aromatic carbocycles. The molecule has 1 aromatic heterocycles. The van der Waals surface area contributed by atoms with Crippen LogP contribution in [-0.2, 0) is 16.1 Å². The highest BCUT2D eigenvalue weighted by Gasteiger charge is 2.18. The zero-order chi connectivity index (χ0) is 11.8. The minimum atomic E-state index is -3.75. The average Bonchev–Trinajstić information content (AvgIpc) is 2.61. The lowest BCUT2D eigenvalue weighted by Gasteiger charge is -2.03. The third kappa shape index (κ3) is 1.96. The van der Waals surface area contributed by atoms with E-state index in [-0.39, 0.29) is 5.03 Å². The number of hydrogen-bond acceptors (Lipinski definition) is 3. The van der Waals surface area contributed by atoms with Gasteiger partial charge in [0.05, 0.1) is 6.20 Å². The SMILES string of the molecule is Cn1c(S(=O)(=O)Cl)cnc1-c1ccccc1. The second-order valence-corrected chi connectivity index (χ2v) is 5.80. The van der Waals surface area contributed by atoms with Crippen LogP contribution in [0.3, 0.4) is 0 Å². The lowest BCUT2D eigenvalue weighted by molar-refractivity contribution is 0.600. The molecule has 0 fully saturated rings. The average molecular weight is 257 g/mol. The summed E-state index contributed by atoms with van der Waals surface area (Å²) in [7, 11) is 3.14. The fraction of sp³-hybridized carbons (Fsp3) is 0.100. The van der Waals surface area contributed by atoms with Crippen LogP contribution < -0.4 is 0 Å². The Hall–Kier alpha value is -1.33. The van der Waals surface area contributed by atoms with Crippen molar-refractivity contribution in [2.24, 2.45) is 7.05 Å². The summed E-state index contributed by atoms with van der Waals surface area (Å²) in [5, 5.41) is -0.00646. The van der Waals surface area contributed by atoms with Crippen molar-refractivity contribution in [2.75, 3.05) is 0 Å². The molecule has 0 amide bonds. The molecule has 0 spiro atoms. The van der Waals surface area contributed by atoms with Gasteiger partial charge in [0.1, 0.15) is 5.82 Å². The Kier molecular flexibility index (Phi) is 2.73. The van der Waals surface area contributed by atoms with Gasteiger partial charge in [0.15, 0.2) is 5.03 Å². The summed E-state index contributed by atoms with van der Waals surface area (Å²) in [6.45, 7) is 0. The first kappa shape index (κ1) is 11.2. The van der Waals surface area contributed by atoms with E-state index in [1.807, 2.05) is 30.3 Å². The maximum Gasteiger partial charge on any atom is 0.278 e. The molecule has 2 aromatic rings. The molecule has 0 aliphatic heterocycles. The summed E-state index contributed by atoms with van der Waals surface area (Å²) >= 11 is 0. The van der Waals surface area contributed by atoms with Gasteiger partial charge in [-0.1, -0.05) is 30.3 Å². The van der Waals surface area contributed by atoms with Crippen LogP contribution in [0.1, 0.15) is 0 Å². The molecule has 16 heavy (non-hydrogen) atoms. The first-order valence-electron chi connectivity index (χ1n) is 4.52. The molecule has 0 N–H and O–H groups in total. The van der Waals surface area contributed by atoms with Crippen molar-refractivity contribution in [2.45, 2.75) is 5.03 Å². The Bertz CT molecular complexity index is 605. The van der Waals surface area contributed by atoms with Gasteiger partial charge in [-0.3, -0.25) is 0 Å². The van der Waals surface area contributed by atoms with Gasteiger partial charge < -0.3 is 4.57 Å². The number of benzene rings is 1. The van der Waals surface area contributed by atoms with Gasteiger partial charge in [0.25, 0.3) is 9.05 Å². The van der Waals surface area contributed by atoms with E-state index in [0.29, 0.717) is 5.82 Å². The molecule has 0 atom stereocenters. The van der Waals surface area contributed by atoms with Crippen LogP contribution in [0.25, 0.3) is 11.4 Å². The quantitative estimate of drug-likeness (QED) is 0.773. The van der Waals surface area contributed by atoms with Gasteiger partial charge >= 0.3 is 0 Å². The standard InChI is InChI=1S/C10H9ClN2O2S/c1-13-9(16(11,14)15)7-12-10(13)8-5-3-2-4-6-8/h2-7H,1H3. The smallest absolute Gasteiger partial charge is 0.278 e. The molecule has 0 radical (unpaired) electrons. The number of halogens is 1. The summed E-state index contributed by atoms with van der Waals surface area (Å²) in [4.78, 5) is 4.05. The Morgan fingerprint density at radius 3 is 2.38 bits per heavy atom. The lowest BCUT2D eigenvalue weighted by atomic mass is 10.2. The maximum absolute atomic E-state index is 11.2. The van der Waals surface area contributed by atoms with E-state index in [0.717, 1.165) is 5.56 Å². The first-order chi connectivity index (χ1) is 7.50. The summed E-state index contributed by atoms with van der Waals surface area (Å²) in [6.07, 6.45) is 1.25. The topological polar surface area (TPSA) is 52.0 Å². The third-order valence-corrected chi connectivity index (χ3v) is 3.58. The van der Waals surface area contributed by atoms with Gasteiger partial charge in [-0.2, -0.15) is 0 Å². The fourth-order valence-corrected chi connectivity index (χ4v) is 2.50. The predicted molar refractivity (Wildman–Crippen MR) is 61.7 cm³/mol. The van der Waals surface area contributed by atoms with E-state index in [4.69, 9.17) is 10.7 Å². The second-order valence-electron chi connectivity index (χ2n) is 3.28. The highest BCUT2D eigenvalue weighted by Crippen LogP contribution is 2.22. The first-order valence-corrected chi connectivity index (χ1v) is 6.83. The predicted octanol–water partition coefficient (Wildman–Crippen LogP) is 2.01. The maximum atomic E-state index is 11.2. The molecular weight excluding hydrogens is 248 g/mol. The molecule has 0 bridgehead atoms. The fourth-order valence-electron chi connectivity index (χ4n) is 1.48. The van der Waals surface area contributed by atoms with Crippen molar-refractivity contribution >= 4 is 19.7 Å². The van der Waals surface area contributed by atoms with Crippen molar-refractivity contribution in [1.29, 1.82) is 0 Å². The highest BCUT2D eigenvalue weighted by molar-refractivity contribution is 8.13. The van der Waals surface area contributed by atoms with Gasteiger partial charge in [0.2, 0.25) is 0 Å². The van der Waals surface area contributed by atoms with Gasteiger partial charge in [0, 0.05) is 23.3 Å². The zero-order valence-corrected chi connectivity index (χ0v) is 10.0. The highest BCUT2D eigenvalue weighted by atomic mass is 35.7. The van der Waals surface area contributed by atoms with Crippen LogP contribution in [0.4, 0.5) is 0 Å². The molecule has 0 aliphatic carbocycles. The lowest BCUT2D eigenvalue weighted by Crippen LogP contribution is -2.01. The normalized spacial score (nSPS) is 11.6. The van der Waals surface area contributed by atoms with Crippen molar-refractivity contribution in [3.63, 3.8) is 0 Å². The largest absolute Gasteiger partial charge is 0.317 e. The van der Waals surface area contributed by atoms with E-state index in [9.17, 15) is 8.42 Å². The van der Waals surface area contributed by atoms with Gasteiger partial charge in [-0.15, -0.1) is 0 Å². The van der Waals surface area contributed by atoms with E-state index < -0.39 is 9.05 Å². The zero-order valence-electron chi connectivity index (χ0n) is 8.46. The summed E-state index contributed by atoms with van der Waals surface area (Å²) < 4.78 is 23.9. The minimum absolute atomic E-state index is 0.00646. The number of aromatic nitrogens is 2. The summed E-state index contributed by atoms with van der Waals surface area (Å²) in [5.41, 5.74) is 0.844. The Morgan fingerprint density at radius 1 is 1.25 bits per heavy atom. The molecule has 84 valence electrons. The van der Waals surface area contributed by atoms with E-state index in [1.165, 1.54) is 10.8 Å². The van der Waals surface area contributed by atoms with Crippen LogP contribution in [0, 0.1) is 0 Å². The Balaban J connectivity index is 2.59. The number of nitrogens with zero attached hydrogens (tertiary/aromatic N) is 2. The van der Waals surface area contributed by atoms with Crippen molar-refractivity contribution < 1.29 is 8.42 Å². The van der Waals surface area contributed by atoms with E-state index in [2.05, 4.69) is 4.98 Å². The molecule has 0 unspecified atom stereocenters. The number of imidazole rings is 1. The molecule has 0 saturated carbocycles. The Morgan fingerprint density at radius 2 is 1.88 bits per heavy atom. The van der Waals surface area contributed by atoms with Crippen molar-refractivity contribution in [1.82, 2.24) is 9.55 Å². The van der Waals surface area contributed by atoms with Crippen LogP contribution in [0.15, 0.2) is 41.6 Å². The summed E-state index contributed by atoms with van der Waals surface area (Å²) in [6, 6.07) is 9.31. The minimum Gasteiger partial charge on any atom is -0.317 e. The molecule has 2 rings (SSSR count). The van der Waals surface area contributed by atoms with Crippen LogP contribution in [0.2, 0.25) is 0 Å². The molecular formula is C10H9ClN2O2S. The second kappa shape index (κ2) is 3.92. The molecule has 1 heterocycles. The molecule has 6 heteroatoms. The van der Waals surface area contributed by atoms with Crippen molar-refractivity contribution in [3.05, 3.63) is 36.5 Å². The monoisotopic (exact) mass is 256 g/mol. The van der Waals surface area contributed by atoms with E-state index in [1.54, 1.807) is 7.05 Å².